The Bertz CT molecular complexity index is 1130. The van der Waals surface area contributed by atoms with Crippen LogP contribution in [0.25, 0.3) is 0 Å². The summed E-state index contributed by atoms with van der Waals surface area (Å²) in [5.74, 6) is -1.14. The van der Waals surface area contributed by atoms with Gasteiger partial charge in [-0.25, -0.2) is 9.96 Å². The van der Waals surface area contributed by atoms with E-state index in [1.165, 1.54) is 4.90 Å². The molecule has 3 aromatic rings. The van der Waals surface area contributed by atoms with Crippen molar-refractivity contribution in [2.24, 2.45) is 5.92 Å². The highest BCUT2D eigenvalue weighted by molar-refractivity contribution is 6.23. The second kappa shape index (κ2) is 7.67. The Hall–Kier alpha value is -3.44. The van der Waals surface area contributed by atoms with Gasteiger partial charge >= 0.3 is 0 Å². The van der Waals surface area contributed by atoms with Crippen molar-refractivity contribution in [2.45, 2.75) is 32.4 Å². The van der Waals surface area contributed by atoms with Gasteiger partial charge < -0.3 is 0 Å². The van der Waals surface area contributed by atoms with Crippen molar-refractivity contribution in [3.8, 4) is 0 Å². The first-order valence-electron chi connectivity index (χ1n) is 10.6. The quantitative estimate of drug-likeness (QED) is 0.588. The number of carbonyl (C=O) groups is 2. The molecule has 31 heavy (non-hydrogen) atoms. The first kappa shape index (κ1) is 19.5. The molecular formula is C26H24N2O3. The van der Waals surface area contributed by atoms with Crippen molar-refractivity contribution in [3.63, 3.8) is 0 Å². The van der Waals surface area contributed by atoms with Gasteiger partial charge in [-0.15, -0.1) is 0 Å². The SMILES string of the molecule is CCc1ccc(N2C(=O)C3ON(c4ccccc4)C(c4ccccc4C)C3C2=O)cc1. The number of amides is 2. The largest absolute Gasteiger partial charge is 0.273 e. The van der Waals surface area contributed by atoms with E-state index in [4.69, 9.17) is 4.84 Å². The summed E-state index contributed by atoms with van der Waals surface area (Å²) in [4.78, 5) is 34.5. The highest BCUT2D eigenvalue weighted by Crippen LogP contribution is 2.48. The topological polar surface area (TPSA) is 49.9 Å². The fourth-order valence-corrected chi connectivity index (χ4v) is 4.58. The maximum Gasteiger partial charge on any atom is 0.266 e. The standard InChI is InChI=1S/C26H24N2O3/c1-3-18-13-15-19(16-14-18)27-25(29)22-23(21-12-8-7-9-17(21)2)28(31-24(22)26(27)30)20-10-5-4-6-11-20/h4-16,22-24H,3H2,1-2H3. The van der Waals surface area contributed by atoms with Crippen LogP contribution in [0.4, 0.5) is 11.4 Å². The summed E-state index contributed by atoms with van der Waals surface area (Å²) in [5, 5.41) is 1.74. The third kappa shape index (κ3) is 3.13. The van der Waals surface area contributed by atoms with Crippen LogP contribution in [-0.4, -0.2) is 17.9 Å². The molecule has 5 heteroatoms. The average Bonchev–Trinajstić information content (AvgIpc) is 3.31. The molecular weight excluding hydrogens is 388 g/mol. The first-order valence-corrected chi connectivity index (χ1v) is 10.6. The Labute approximate surface area is 181 Å². The second-order valence-electron chi connectivity index (χ2n) is 8.05. The predicted molar refractivity (Wildman–Crippen MR) is 120 cm³/mol. The summed E-state index contributed by atoms with van der Waals surface area (Å²) in [6.07, 6.45) is 0.0564. The van der Waals surface area contributed by atoms with Gasteiger partial charge in [-0.2, -0.15) is 0 Å². The highest BCUT2D eigenvalue weighted by atomic mass is 16.7. The summed E-state index contributed by atoms with van der Waals surface area (Å²) in [6, 6.07) is 24.8. The van der Waals surface area contributed by atoms with Gasteiger partial charge in [0, 0.05) is 0 Å². The molecule has 0 radical (unpaired) electrons. The number of benzene rings is 3. The van der Waals surface area contributed by atoms with E-state index in [2.05, 4.69) is 6.92 Å². The first-order chi connectivity index (χ1) is 15.1. The molecule has 2 heterocycles. The monoisotopic (exact) mass is 412 g/mol. The van der Waals surface area contributed by atoms with E-state index in [0.717, 1.165) is 28.8 Å². The second-order valence-corrected chi connectivity index (χ2v) is 8.05. The lowest BCUT2D eigenvalue weighted by Gasteiger charge is -2.29. The molecule has 2 saturated heterocycles. The summed E-state index contributed by atoms with van der Waals surface area (Å²) in [7, 11) is 0. The molecule has 0 aromatic heterocycles. The molecule has 5 rings (SSSR count). The molecule has 156 valence electrons. The molecule has 5 nitrogen and oxygen atoms in total. The van der Waals surface area contributed by atoms with Crippen molar-refractivity contribution >= 4 is 23.2 Å². The zero-order valence-corrected chi connectivity index (χ0v) is 17.6. The van der Waals surface area contributed by atoms with Crippen molar-refractivity contribution in [1.29, 1.82) is 0 Å². The molecule has 3 atom stereocenters. The highest BCUT2D eigenvalue weighted by Gasteiger charge is 2.60. The Morgan fingerprint density at radius 1 is 0.806 bits per heavy atom. The van der Waals surface area contributed by atoms with Crippen LogP contribution in [0.3, 0.4) is 0 Å². The number of hydrogen-bond acceptors (Lipinski definition) is 4. The van der Waals surface area contributed by atoms with Gasteiger partial charge in [0.25, 0.3) is 5.91 Å². The zero-order chi connectivity index (χ0) is 21.5. The summed E-state index contributed by atoms with van der Waals surface area (Å²) in [5.41, 5.74) is 4.63. The van der Waals surface area contributed by atoms with Crippen molar-refractivity contribution in [2.75, 3.05) is 9.96 Å². The predicted octanol–water partition coefficient (Wildman–Crippen LogP) is 4.61. The smallest absolute Gasteiger partial charge is 0.266 e. The van der Waals surface area contributed by atoms with Crippen LogP contribution in [-0.2, 0) is 20.8 Å². The van der Waals surface area contributed by atoms with E-state index >= 15 is 0 Å². The molecule has 3 unspecified atom stereocenters. The Morgan fingerprint density at radius 3 is 2.16 bits per heavy atom. The number of imide groups is 1. The molecule has 0 spiro atoms. The molecule has 2 aliphatic rings. The van der Waals surface area contributed by atoms with E-state index in [1.54, 1.807) is 5.06 Å². The van der Waals surface area contributed by atoms with Crippen LogP contribution < -0.4 is 9.96 Å². The number of carbonyl (C=O) groups excluding carboxylic acids is 2. The van der Waals surface area contributed by atoms with Gasteiger partial charge in [0.05, 0.1) is 17.4 Å². The number of fused-ring (bicyclic) bond motifs is 1. The number of para-hydroxylation sites is 1. The molecule has 0 bridgehead atoms. The molecule has 3 aromatic carbocycles. The van der Waals surface area contributed by atoms with Crippen molar-refractivity contribution in [3.05, 3.63) is 95.6 Å². The Balaban J connectivity index is 1.58. The minimum Gasteiger partial charge on any atom is -0.273 e. The number of rotatable bonds is 4. The van der Waals surface area contributed by atoms with Crippen LogP contribution in [0.2, 0.25) is 0 Å². The summed E-state index contributed by atoms with van der Waals surface area (Å²) >= 11 is 0. The number of hydrogen-bond donors (Lipinski definition) is 0. The van der Waals surface area contributed by atoms with E-state index in [0.29, 0.717) is 5.69 Å². The maximum absolute atomic E-state index is 13.6. The zero-order valence-electron chi connectivity index (χ0n) is 17.6. The minimum atomic E-state index is -0.844. The fourth-order valence-electron chi connectivity index (χ4n) is 4.58. The van der Waals surface area contributed by atoms with Gasteiger partial charge in [-0.1, -0.05) is 61.5 Å². The third-order valence-electron chi connectivity index (χ3n) is 6.24. The number of aryl methyl sites for hydroxylation is 2. The van der Waals surface area contributed by atoms with Crippen LogP contribution in [0.5, 0.6) is 0 Å². The van der Waals surface area contributed by atoms with Gasteiger partial charge in [0.2, 0.25) is 5.91 Å². The lowest BCUT2D eigenvalue weighted by molar-refractivity contribution is -0.126. The van der Waals surface area contributed by atoms with Crippen LogP contribution in [0.15, 0.2) is 78.9 Å². The number of anilines is 2. The summed E-state index contributed by atoms with van der Waals surface area (Å²) in [6.45, 7) is 4.10. The number of hydroxylamine groups is 1. The molecule has 0 N–H and O–H groups in total. The van der Waals surface area contributed by atoms with Gasteiger partial charge in [0.15, 0.2) is 6.10 Å². The van der Waals surface area contributed by atoms with E-state index in [9.17, 15) is 9.59 Å². The third-order valence-corrected chi connectivity index (χ3v) is 6.24. The average molecular weight is 412 g/mol. The molecule has 0 aliphatic carbocycles. The van der Waals surface area contributed by atoms with Gasteiger partial charge in [-0.3, -0.25) is 14.4 Å². The molecule has 2 fully saturated rings. The van der Waals surface area contributed by atoms with E-state index < -0.39 is 12.0 Å². The normalized spacial score (nSPS) is 22.8. The van der Waals surface area contributed by atoms with Gasteiger partial charge in [-0.05, 0) is 54.3 Å². The Kier molecular flexibility index (Phi) is 4.83. The molecule has 2 aliphatic heterocycles. The van der Waals surface area contributed by atoms with Crippen LogP contribution in [0, 0.1) is 12.8 Å². The lowest BCUT2D eigenvalue weighted by Crippen LogP contribution is -2.37. The van der Waals surface area contributed by atoms with Gasteiger partial charge in [0.1, 0.15) is 5.92 Å². The molecule has 0 saturated carbocycles. The maximum atomic E-state index is 13.6. The summed E-state index contributed by atoms with van der Waals surface area (Å²) < 4.78 is 0. The van der Waals surface area contributed by atoms with E-state index in [1.807, 2.05) is 85.8 Å². The van der Waals surface area contributed by atoms with Crippen LogP contribution >= 0.6 is 0 Å². The fraction of sp³-hybridized carbons (Fsp3) is 0.231. The lowest BCUT2D eigenvalue weighted by atomic mass is 9.88. The van der Waals surface area contributed by atoms with Crippen molar-refractivity contribution < 1.29 is 14.4 Å². The van der Waals surface area contributed by atoms with E-state index in [-0.39, 0.29) is 17.9 Å². The van der Waals surface area contributed by atoms with Crippen molar-refractivity contribution in [1.82, 2.24) is 0 Å². The molecule has 2 amide bonds. The Morgan fingerprint density at radius 2 is 1.48 bits per heavy atom. The van der Waals surface area contributed by atoms with Crippen LogP contribution in [0.1, 0.15) is 29.7 Å². The number of nitrogens with zero attached hydrogens (tertiary/aromatic N) is 2. The minimum absolute atomic E-state index is 0.217.